The van der Waals surface area contributed by atoms with Gasteiger partial charge in [0.2, 0.25) is 0 Å². The summed E-state index contributed by atoms with van der Waals surface area (Å²) in [5.74, 6) is 2.26. The lowest BCUT2D eigenvalue weighted by atomic mass is 9.93. The van der Waals surface area contributed by atoms with Crippen molar-refractivity contribution < 1.29 is 4.74 Å². The van der Waals surface area contributed by atoms with E-state index in [1.165, 1.54) is 5.56 Å². The zero-order valence-electron chi connectivity index (χ0n) is 15.5. The Morgan fingerprint density at radius 2 is 1.73 bits per heavy atom. The van der Waals surface area contributed by atoms with Gasteiger partial charge in [0.05, 0.1) is 24.3 Å². The summed E-state index contributed by atoms with van der Waals surface area (Å²) in [7, 11) is 6.00. The van der Waals surface area contributed by atoms with Crippen molar-refractivity contribution in [3.8, 4) is 5.75 Å². The van der Waals surface area contributed by atoms with Crippen molar-refractivity contribution in [3.05, 3.63) is 60.3 Å². The Morgan fingerprint density at radius 3 is 2.42 bits per heavy atom. The second kappa shape index (κ2) is 6.92. The molecule has 1 aliphatic rings. The quantitative estimate of drug-likeness (QED) is 0.724. The Labute approximate surface area is 154 Å². The number of aromatic nitrogens is 2. The maximum Gasteiger partial charge on any atom is 0.147 e. The smallest absolute Gasteiger partial charge is 0.147 e. The molecule has 3 aromatic rings. The van der Waals surface area contributed by atoms with Gasteiger partial charge in [0.15, 0.2) is 0 Å². The van der Waals surface area contributed by atoms with Gasteiger partial charge in [0.25, 0.3) is 0 Å². The molecule has 1 aromatic heterocycles. The molecule has 4 rings (SSSR count). The Hall–Kier alpha value is -2.66. The first kappa shape index (κ1) is 16.8. The maximum atomic E-state index is 5.30. The Balaban J connectivity index is 1.63. The second-order valence-corrected chi connectivity index (χ2v) is 7.03. The third kappa shape index (κ3) is 3.10. The van der Waals surface area contributed by atoms with Crippen LogP contribution in [0.4, 0.5) is 5.82 Å². The molecule has 0 saturated carbocycles. The largest absolute Gasteiger partial charge is 0.497 e. The zero-order valence-corrected chi connectivity index (χ0v) is 15.5. The van der Waals surface area contributed by atoms with Gasteiger partial charge in [-0.25, -0.2) is 4.98 Å². The zero-order chi connectivity index (χ0) is 18.1. The van der Waals surface area contributed by atoms with Gasteiger partial charge >= 0.3 is 0 Å². The first-order valence-corrected chi connectivity index (χ1v) is 8.93. The molecule has 134 valence electrons. The number of rotatable bonds is 4. The summed E-state index contributed by atoms with van der Waals surface area (Å²) < 4.78 is 5.30. The highest BCUT2D eigenvalue weighted by Crippen LogP contribution is 2.33. The summed E-state index contributed by atoms with van der Waals surface area (Å²) in [6.07, 6.45) is 1.89. The van der Waals surface area contributed by atoms with Gasteiger partial charge in [0.1, 0.15) is 11.6 Å². The molecule has 0 amide bonds. The Bertz CT molecular complexity index is 894. The monoisotopic (exact) mass is 348 g/mol. The summed E-state index contributed by atoms with van der Waals surface area (Å²) in [4.78, 5) is 14.1. The molecular weight excluding hydrogens is 324 g/mol. The van der Waals surface area contributed by atoms with Crippen LogP contribution in [-0.4, -0.2) is 55.2 Å². The fraction of sp³-hybridized carbons (Fsp3) is 0.333. The van der Waals surface area contributed by atoms with Crippen LogP contribution in [-0.2, 0) is 0 Å². The van der Waals surface area contributed by atoms with Gasteiger partial charge in [-0.2, -0.15) is 0 Å². The average Bonchev–Trinajstić information content (AvgIpc) is 3.13. The molecule has 0 radical (unpaired) electrons. The fourth-order valence-corrected chi connectivity index (χ4v) is 3.78. The molecule has 0 aliphatic carbocycles. The van der Waals surface area contributed by atoms with Crippen molar-refractivity contribution in [2.24, 2.45) is 0 Å². The second-order valence-electron chi connectivity index (χ2n) is 7.03. The number of nitrogens with zero attached hydrogens (tertiary/aromatic N) is 4. The Kier molecular flexibility index (Phi) is 4.47. The first-order valence-electron chi connectivity index (χ1n) is 8.93. The van der Waals surface area contributed by atoms with E-state index in [1.807, 2.05) is 42.6 Å². The van der Waals surface area contributed by atoms with Crippen molar-refractivity contribution in [2.45, 2.75) is 12.0 Å². The number of hydrogen-bond acceptors (Lipinski definition) is 5. The van der Waals surface area contributed by atoms with Gasteiger partial charge in [-0.1, -0.05) is 24.3 Å². The van der Waals surface area contributed by atoms with Crippen molar-refractivity contribution in [2.75, 3.05) is 39.2 Å². The summed E-state index contributed by atoms with van der Waals surface area (Å²) in [5, 5.41) is 0. The number of anilines is 1. The van der Waals surface area contributed by atoms with Crippen LogP contribution in [0.15, 0.2) is 54.7 Å². The predicted molar refractivity (Wildman–Crippen MR) is 105 cm³/mol. The molecule has 5 heteroatoms. The minimum Gasteiger partial charge on any atom is -0.497 e. The van der Waals surface area contributed by atoms with Crippen molar-refractivity contribution in [1.29, 1.82) is 0 Å². The van der Waals surface area contributed by atoms with Crippen LogP contribution in [0, 0.1) is 0 Å². The fourth-order valence-electron chi connectivity index (χ4n) is 3.78. The molecule has 5 nitrogen and oxygen atoms in total. The maximum absolute atomic E-state index is 5.30. The molecule has 1 saturated heterocycles. The van der Waals surface area contributed by atoms with Crippen LogP contribution in [0.25, 0.3) is 11.0 Å². The number of ether oxygens (including phenoxy) is 1. The lowest BCUT2D eigenvalue weighted by Gasteiger charge is -2.25. The third-order valence-corrected chi connectivity index (χ3v) is 5.26. The van der Waals surface area contributed by atoms with E-state index in [1.54, 1.807) is 7.11 Å². The van der Waals surface area contributed by atoms with Crippen LogP contribution in [0.5, 0.6) is 5.75 Å². The van der Waals surface area contributed by atoms with E-state index in [2.05, 4.69) is 41.0 Å². The molecule has 0 unspecified atom stereocenters. The minimum atomic E-state index is 0.421. The molecule has 2 aromatic carbocycles. The minimum absolute atomic E-state index is 0.421. The molecule has 0 bridgehead atoms. The predicted octanol–water partition coefficient (Wildman–Crippen LogP) is 3.17. The average molecular weight is 348 g/mol. The van der Waals surface area contributed by atoms with E-state index in [-0.39, 0.29) is 0 Å². The number of para-hydroxylation sites is 2. The molecule has 0 N–H and O–H groups in total. The van der Waals surface area contributed by atoms with E-state index in [0.29, 0.717) is 12.0 Å². The van der Waals surface area contributed by atoms with Gasteiger partial charge in [-0.3, -0.25) is 4.98 Å². The lowest BCUT2D eigenvalue weighted by Crippen LogP contribution is -2.34. The topological polar surface area (TPSA) is 41.5 Å². The number of methoxy groups -OCH3 is 1. The molecular formula is C21H24N4O. The van der Waals surface area contributed by atoms with E-state index >= 15 is 0 Å². The highest BCUT2D eigenvalue weighted by Gasteiger charge is 2.36. The standard InChI is InChI=1S/C21H24N4O/c1-24(2)20-14-25(13-17(20)15-8-10-16(26-3)11-9-15)21-12-22-18-6-4-5-7-19(18)23-21/h4-12,17,20H,13-14H2,1-3H3/t17-,20+/m0/s1. The summed E-state index contributed by atoms with van der Waals surface area (Å²) >= 11 is 0. The normalized spacial score (nSPS) is 20.1. The van der Waals surface area contributed by atoms with Crippen LogP contribution >= 0.6 is 0 Å². The van der Waals surface area contributed by atoms with E-state index in [9.17, 15) is 0 Å². The van der Waals surface area contributed by atoms with Crippen molar-refractivity contribution >= 4 is 16.9 Å². The molecule has 0 spiro atoms. The highest BCUT2D eigenvalue weighted by molar-refractivity contribution is 5.75. The first-order chi connectivity index (χ1) is 12.7. The van der Waals surface area contributed by atoms with Crippen LogP contribution in [0.3, 0.4) is 0 Å². The highest BCUT2D eigenvalue weighted by atomic mass is 16.5. The van der Waals surface area contributed by atoms with Crippen LogP contribution in [0.2, 0.25) is 0 Å². The van der Waals surface area contributed by atoms with Gasteiger partial charge in [-0.15, -0.1) is 0 Å². The van der Waals surface area contributed by atoms with Gasteiger partial charge < -0.3 is 14.5 Å². The summed E-state index contributed by atoms with van der Waals surface area (Å²) in [6.45, 7) is 1.87. The number of hydrogen-bond donors (Lipinski definition) is 0. The van der Waals surface area contributed by atoms with E-state index in [0.717, 1.165) is 35.7 Å². The molecule has 1 fully saturated rings. The van der Waals surface area contributed by atoms with Crippen molar-refractivity contribution in [1.82, 2.24) is 14.9 Å². The summed E-state index contributed by atoms with van der Waals surface area (Å²) in [6, 6.07) is 16.9. The van der Waals surface area contributed by atoms with Crippen LogP contribution < -0.4 is 9.64 Å². The molecule has 2 atom stereocenters. The van der Waals surface area contributed by atoms with Gasteiger partial charge in [-0.05, 0) is 43.9 Å². The van der Waals surface area contributed by atoms with E-state index < -0.39 is 0 Å². The van der Waals surface area contributed by atoms with Crippen molar-refractivity contribution in [3.63, 3.8) is 0 Å². The number of likely N-dealkylation sites (N-methyl/N-ethyl adjacent to an activating group) is 1. The molecule has 1 aliphatic heterocycles. The summed E-state index contributed by atoms with van der Waals surface area (Å²) in [5.41, 5.74) is 3.21. The lowest BCUT2D eigenvalue weighted by molar-refractivity contribution is 0.292. The van der Waals surface area contributed by atoms with Gasteiger partial charge in [0, 0.05) is 25.0 Å². The SMILES string of the molecule is COc1ccc([C@@H]2CN(c3cnc4ccccc4n3)C[C@H]2N(C)C)cc1. The number of fused-ring (bicyclic) bond motifs is 1. The molecule has 2 heterocycles. The van der Waals surface area contributed by atoms with Crippen LogP contribution in [0.1, 0.15) is 11.5 Å². The van der Waals surface area contributed by atoms with E-state index in [4.69, 9.17) is 9.72 Å². The third-order valence-electron chi connectivity index (χ3n) is 5.26. The molecule has 26 heavy (non-hydrogen) atoms. The number of benzene rings is 2. The Morgan fingerprint density at radius 1 is 1.00 bits per heavy atom.